The fourth-order valence-electron chi connectivity index (χ4n) is 4.93. The molecule has 0 spiro atoms. The number of benzene rings is 1. The number of fused-ring (bicyclic) bond motifs is 4. The molecule has 0 unspecified atom stereocenters. The van der Waals surface area contributed by atoms with Gasteiger partial charge in [0.25, 0.3) is 5.91 Å². The number of anilines is 1. The van der Waals surface area contributed by atoms with E-state index < -0.39 is 0 Å². The average Bonchev–Trinajstić information content (AvgIpc) is 3.06. The third-order valence-corrected chi connectivity index (χ3v) is 6.43. The Morgan fingerprint density at radius 3 is 2.63 bits per heavy atom. The first-order valence-corrected chi connectivity index (χ1v) is 10.6. The van der Waals surface area contributed by atoms with Gasteiger partial charge in [0.1, 0.15) is 0 Å². The van der Waals surface area contributed by atoms with Crippen LogP contribution in [0.1, 0.15) is 49.9 Å². The maximum atomic E-state index is 13.5. The van der Waals surface area contributed by atoms with E-state index in [9.17, 15) is 4.79 Å². The molecule has 0 aliphatic carbocycles. The summed E-state index contributed by atoms with van der Waals surface area (Å²) in [6, 6.07) is 8.75. The molecule has 4 nitrogen and oxygen atoms in total. The van der Waals surface area contributed by atoms with Crippen LogP contribution in [0.25, 0.3) is 0 Å². The molecule has 1 amide bonds. The van der Waals surface area contributed by atoms with Crippen molar-refractivity contribution in [3.05, 3.63) is 41.5 Å². The lowest BCUT2D eigenvalue weighted by atomic mass is 9.95. The topological polar surface area (TPSA) is 26.8 Å². The first kappa shape index (κ1) is 18.5. The Labute approximate surface area is 163 Å². The molecule has 4 heteroatoms. The fraction of sp³-hybridized carbons (Fsp3) is 0.609. The lowest BCUT2D eigenvalue weighted by molar-refractivity contribution is 0.0741. The summed E-state index contributed by atoms with van der Waals surface area (Å²) >= 11 is 0. The van der Waals surface area contributed by atoms with E-state index >= 15 is 0 Å². The Kier molecular flexibility index (Phi) is 5.53. The van der Waals surface area contributed by atoms with Gasteiger partial charge in [-0.2, -0.15) is 0 Å². The highest BCUT2D eigenvalue weighted by Gasteiger charge is 2.36. The van der Waals surface area contributed by atoms with Gasteiger partial charge in [-0.3, -0.25) is 9.69 Å². The molecule has 5 rings (SSSR count). The maximum absolute atomic E-state index is 13.5. The first-order chi connectivity index (χ1) is 13.1. The highest BCUT2D eigenvalue weighted by atomic mass is 16.2. The highest BCUT2D eigenvalue weighted by molar-refractivity contribution is 6.00. The van der Waals surface area contributed by atoms with E-state index in [1.54, 1.807) is 0 Å². The standard InChI is InChI=1S/C23H33N3O/c1-18(2)11-14-25-15-19-9-10-20(25)17-26(16-19)23(27)21-7-3-4-8-22(21)24-12-5-6-13-24/h3-4,7-8,11,19-20H,5-6,9-10,12-17H2,1-2H3/t19-,20-/m1/s1. The molecule has 0 N–H and O–H groups in total. The van der Waals surface area contributed by atoms with E-state index in [4.69, 9.17) is 0 Å². The van der Waals surface area contributed by atoms with Gasteiger partial charge in [0.15, 0.2) is 0 Å². The second-order valence-corrected chi connectivity index (χ2v) is 8.75. The molecule has 1 aromatic carbocycles. The molecule has 4 aliphatic rings. The van der Waals surface area contributed by atoms with E-state index in [0.717, 1.165) is 50.5 Å². The minimum Gasteiger partial charge on any atom is -0.371 e. The monoisotopic (exact) mass is 367 g/mol. The predicted molar refractivity (Wildman–Crippen MR) is 111 cm³/mol. The van der Waals surface area contributed by atoms with Crippen molar-refractivity contribution in [3.63, 3.8) is 0 Å². The molecule has 146 valence electrons. The van der Waals surface area contributed by atoms with Crippen molar-refractivity contribution in [1.29, 1.82) is 0 Å². The van der Waals surface area contributed by atoms with Crippen LogP contribution < -0.4 is 4.90 Å². The Morgan fingerprint density at radius 1 is 1.07 bits per heavy atom. The Morgan fingerprint density at radius 2 is 1.85 bits per heavy atom. The Hall–Kier alpha value is -1.81. The number of carbonyl (C=O) groups excluding carboxylic acids is 1. The van der Waals surface area contributed by atoms with Crippen LogP contribution >= 0.6 is 0 Å². The number of hydrogen-bond acceptors (Lipinski definition) is 3. The lowest BCUT2D eigenvalue weighted by Crippen LogP contribution is -2.44. The van der Waals surface area contributed by atoms with E-state index in [-0.39, 0.29) is 5.91 Å². The van der Waals surface area contributed by atoms with Gasteiger partial charge in [0.2, 0.25) is 0 Å². The summed E-state index contributed by atoms with van der Waals surface area (Å²) in [5.41, 5.74) is 3.41. The molecular formula is C23H33N3O. The summed E-state index contributed by atoms with van der Waals surface area (Å²) in [5.74, 6) is 0.843. The third-order valence-electron chi connectivity index (χ3n) is 6.43. The SMILES string of the molecule is CC(C)=CCN1C[C@H]2CC[C@@H]1CN(C(=O)c1ccccc1N1CCCC1)C2. The summed E-state index contributed by atoms with van der Waals surface area (Å²) < 4.78 is 0. The van der Waals surface area contributed by atoms with Crippen LogP contribution in [-0.2, 0) is 0 Å². The molecular weight excluding hydrogens is 334 g/mol. The van der Waals surface area contributed by atoms with Crippen LogP contribution in [0.4, 0.5) is 5.69 Å². The zero-order valence-corrected chi connectivity index (χ0v) is 16.9. The van der Waals surface area contributed by atoms with Crippen molar-refractivity contribution in [2.75, 3.05) is 44.2 Å². The second kappa shape index (κ2) is 8.05. The average molecular weight is 368 g/mol. The van der Waals surface area contributed by atoms with Crippen LogP contribution in [-0.4, -0.2) is 61.0 Å². The van der Waals surface area contributed by atoms with Gasteiger partial charge in [-0.25, -0.2) is 0 Å². The number of allylic oxidation sites excluding steroid dienone is 1. The van der Waals surface area contributed by atoms with Crippen molar-refractivity contribution in [3.8, 4) is 0 Å². The third kappa shape index (κ3) is 4.06. The molecule has 0 radical (unpaired) electrons. The quantitative estimate of drug-likeness (QED) is 0.758. The highest BCUT2D eigenvalue weighted by Crippen LogP contribution is 2.31. The first-order valence-electron chi connectivity index (χ1n) is 10.6. The minimum absolute atomic E-state index is 0.235. The zero-order valence-electron chi connectivity index (χ0n) is 16.9. The smallest absolute Gasteiger partial charge is 0.256 e. The van der Waals surface area contributed by atoms with Crippen molar-refractivity contribution in [2.24, 2.45) is 5.92 Å². The molecule has 4 saturated heterocycles. The molecule has 4 heterocycles. The summed E-state index contributed by atoms with van der Waals surface area (Å²) in [4.78, 5) is 20.6. The van der Waals surface area contributed by atoms with E-state index in [2.05, 4.69) is 46.8 Å². The summed E-state index contributed by atoms with van der Waals surface area (Å²) in [6.45, 7) is 10.4. The molecule has 2 atom stereocenters. The largest absolute Gasteiger partial charge is 0.371 e. The summed E-state index contributed by atoms with van der Waals surface area (Å²) in [7, 11) is 0. The van der Waals surface area contributed by atoms with Gasteiger partial charge in [0, 0.05) is 51.0 Å². The van der Waals surface area contributed by atoms with Crippen molar-refractivity contribution in [2.45, 2.75) is 45.6 Å². The number of nitrogens with zero attached hydrogens (tertiary/aromatic N) is 3. The van der Waals surface area contributed by atoms with Crippen LogP contribution in [0.3, 0.4) is 0 Å². The number of carbonyl (C=O) groups is 1. The predicted octanol–water partition coefficient (Wildman–Crippen LogP) is 3.79. The Bertz CT molecular complexity index is 703. The number of para-hydroxylation sites is 1. The summed E-state index contributed by atoms with van der Waals surface area (Å²) in [6.07, 6.45) is 7.27. The molecule has 0 aromatic heterocycles. The molecule has 4 fully saturated rings. The lowest BCUT2D eigenvalue weighted by Gasteiger charge is -2.35. The van der Waals surface area contributed by atoms with Gasteiger partial charge < -0.3 is 9.80 Å². The maximum Gasteiger partial charge on any atom is 0.256 e. The van der Waals surface area contributed by atoms with Crippen molar-refractivity contribution < 1.29 is 4.79 Å². The van der Waals surface area contributed by atoms with Crippen LogP contribution in [0, 0.1) is 5.92 Å². The van der Waals surface area contributed by atoms with Crippen molar-refractivity contribution in [1.82, 2.24) is 9.80 Å². The molecule has 27 heavy (non-hydrogen) atoms. The Balaban J connectivity index is 1.53. The van der Waals surface area contributed by atoms with E-state index in [1.807, 2.05) is 12.1 Å². The summed E-state index contributed by atoms with van der Waals surface area (Å²) in [5, 5.41) is 0. The molecule has 1 aromatic rings. The van der Waals surface area contributed by atoms with Gasteiger partial charge in [-0.05, 0) is 57.6 Å². The van der Waals surface area contributed by atoms with E-state index in [1.165, 1.54) is 31.3 Å². The van der Waals surface area contributed by atoms with E-state index in [0.29, 0.717) is 12.0 Å². The van der Waals surface area contributed by atoms with Gasteiger partial charge in [-0.1, -0.05) is 23.8 Å². The number of rotatable bonds is 4. The normalized spacial score (nSPS) is 25.6. The van der Waals surface area contributed by atoms with Crippen LogP contribution in [0.2, 0.25) is 0 Å². The zero-order chi connectivity index (χ0) is 18.8. The molecule has 4 aliphatic heterocycles. The number of hydrogen-bond donors (Lipinski definition) is 0. The van der Waals surface area contributed by atoms with Gasteiger partial charge in [-0.15, -0.1) is 0 Å². The fourth-order valence-corrected chi connectivity index (χ4v) is 4.93. The second-order valence-electron chi connectivity index (χ2n) is 8.75. The van der Waals surface area contributed by atoms with Gasteiger partial charge >= 0.3 is 0 Å². The molecule has 2 bridgehead atoms. The van der Waals surface area contributed by atoms with Gasteiger partial charge in [0.05, 0.1) is 5.56 Å². The van der Waals surface area contributed by atoms with Crippen molar-refractivity contribution >= 4 is 11.6 Å². The minimum atomic E-state index is 0.235. The van der Waals surface area contributed by atoms with Crippen LogP contribution in [0.5, 0.6) is 0 Å². The number of piperidine rings is 1. The number of amides is 1. The van der Waals surface area contributed by atoms with Crippen LogP contribution in [0.15, 0.2) is 35.9 Å². The molecule has 0 saturated carbocycles.